The lowest BCUT2D eigenvalue weighted by Crippen LogP contribution is -2.29. The number of alkyl halides is 1. The third-order valence-corrected chi connectivity index (χ3v) is 2.95. The Hall–Kier alpha value is -2.15. The van der Waals surface area contributed by atoms with E-state index in [1.54, 1.807) is 13.8 Å². The molecule has 7 heteroatoms. The molecule has 2 rings (SSSR count). The molecule has 1 aromatic carbocycles. The molecular formula is C14H10BrO6-. The van der Waals surface area contributed by atoms with Crippen LogP contribution in [0.15, 0.2) is 33.5 Å². The molecule has 0 spiro atoms. The summed E-state index contributed by atoms with van der Waals surface area (Å²) in [5.74, 6) is -1.94. The maximum atomic E-state index is 11.7. The second kappa shape index (κ2) is 5.33. The van der Waals surface area contributed by atoms with Gasteiger partial charge < -0.3 is 19.1 Å². The van der Waals surface area contributed by atoms with Crippen LogP contribution in [0.2, 0.25) is 0 Å². The van der Waals surface area contributed by atoms with Gasteiger partial charge in [0, 0.05) is 11.5 Å². The molecule has 0 aliphatic carbocycles. The number of benzene rings is 1. The first kappa shape index (κ1) is 15.2. The highest BCUT2D eigenvalue weighted by atomic mass is 79.9. The van der Waals surface area contributed by atoms with Gasteiger partial charge in [0.05, 0.1) is 11.5 Å². The minimum atomic E-state index is -1.61. The Morgan fingerprint density at radius 2 is 1.95 bits per heavy atom. The van der Waals surface area contributed by atoms with Crippen LogP contribution in [0.25, 0.3) is 11.0 Å². The molecule has 0 atom stereocenters. The summed E-state index contributed by atoms with van der Waals surface area (Å²) in [5, 5.41) is 11.1. The van der Waals surface area contributed by atoms with E-state index in [2.05, 4.69) is 15.9 Å². The van der Waals surface area contributed by atoms with Gasteiger partial charge in [-0.3, -0.25) is 4.79 Å². The lowest BCUT2D eigenvalue weighted by Gasteiger charge is -2.14. The fourth-order valence-corrected chi connectivity index (χ4v) is 1.61. The Balaban J connectivity index is 2.44. The Bertz CT molecular complexity index is 784. The molecule has 2 aromatic rings. The third-order valence-electron chi connectivity index (χ3n) is 2.62. The zero-order valence-electron chi connectivity index (χ0n) is 11.1. The number of carbonyl (C=O) groups excluding carboxylic acids is 2. The SMILES string of the molecule is CC(C)(Br)C(=O)Oc1ccc2cc(C(=O)[O-])c(=O)oc2c1. The quantitative estimate of drug-likeness (QED) is 0.356. The Morgan fingerprint density at radius 1 is 1.29 bits per heavy atom. The van der Waals surface area contributed by atoms with Crippen molar-refractivity contribution in [3.05, 3.63) is 40.2 Å². The highest BCUT2D eigenvalue weighted by Crippen LogP contribution is 2.24. The molecule has 0 amide bonds. The van der Waals surface area contributed by atoms with E-state index in [0.29, 0.717) is 5.39 Å². The largest absolute Gasteiger partial charge is 0.545 e. The van der Waals surface area contributed by atoms with Gasteiger partial charge in [0.1, 0.15) is 15.7 Å². The van der Waals surface area contributed by atoms with E-state index < -0.39 is 27.5 Å². The summed E-state index contributed by atoms with van der Waals surface area (Å²) in [6, 6.07) is 5.44. The number of hydrogen-bond donors (Lipinski definition) is 0. The normalized spacial score (nSPS) is 11.4. The average molecular weight is 354 g/mol. The van der Waals surface area contributed by atoms with E-state index in [9.17, 15) is 19.5 Å². The molecule has 0 aliphatic rings. The molecule has 0 aliphatic heterocycles. The number of carboxylic acid groups (broad SMARTS) is 1. The molecule has 0 radical (unpaired) electrons. The van der Waals surface area contributed by atoms with Crippen molar-refractivity contribution in [2.24, 2.45) is 0 Å². The van der Waals surface area contributed by atoms with Gasteiger partial charge in [-0.25, -0.2) is 4.79 Å². The number of carbonyl (C=O) groups is 2. The first-order chi connectivity index (χ1) is 9.68. The zero-order chi connectivity index (χ0) is 15.8. The van der Waals surface area contributed by atoms with Crippen molar-refractivity contribution < 1.29 is 23.8 Å². The molecule has 0 saturated heterocycles. The number of rotatable bonds is 3. The number of aromatic carboxylic acids is 1. The lowest BCUT2D eigenvalue weighted by atomic mass is 10.2. The van der Waals surface area contributed by atoms with E-state index in [-0.39, 0.29) is 11.3 Å². The summed E-state index contributed by atoms with van der Waals surface area (Å²) >= 11 is 3.17. The number of esters is 1. The predicted octanol–water partition coefficient (Wildman–Crippen LogP) is 1.24. The van der Waals surface area contributed by atoms with Gasteiger partial charge >= 0.3 is 11.6 Å². The van der Waals surface area contributed by atoms with Crippen molar-refractivity contribution in [2.45, 2.75) is 18.2 Å². The van der Waals surface area contributed by atoms with Crippen molar-refractivity contribution in [1.82, 2.24) is 0 Å². The number of hydrogen-bond acceptors (Lipinski definition) is 6. The summed E-state index contributed by atoms with van der Waals surface area (Å²) in [4.78, 5) is 33.9. The van der Waals surface area contributed by atoms with Crippen LogP contribution in [0.1, 0.15) is 24.2 Å². The van der Waals surface area contributed by atoms with Crippen molar-refractivity contribution in [2.75, 3.05) is 0 Å². The first-order valence-corrected chi connectivity index (χ1v) is 6.68. The van der Waals surface area contributed by atoms with E-state index >= 15 is 0 Å². The first-order valence-electron chi connectivity index (χ1n) is 5.89. The molecule has 1 heterocycles. The fraction of sp³-hybridized carbons (Fsp3) is 0.214. The molecule has 0 saturated carbocycles. The fourth-order valence-electron chi connectivity index (χ4n) is 1.53. The topological polar surface area (TPSA) is 96.6 Å². The van der Waals surface area contributed by atoms with Crippen molar-refractivity contribution in [3.63, 3.8) is 0 Å². The lowest BCUT2D eigenvalue weighted by molar-refractivity contribution is -0.255. The zero-order valence-corrected chi connectivity index (χ0v) is 12.7. The second-order valence-electron chi connectivity index (χ2n) is 4.80. The molecule has 21 heavy (non-hydrogen) atoms. The van der Waals surface area contributed by atoms with Gasteiger partial charge in [-0.2, -0.15) is 0 Å². The predicted molar refractivity (Wildman–Crippen MR) is 75.5 cm³/mol. The number of carboxylic acids is 1. The monoisotopic (exact) mass is 353 g/mol. The molecule has 0 bridgehead atoms. The summed E-state index contributed by atoms with van der Waals surface area (Å²) < 4.78 is 9.15. The van der Waals surface area contributed by atoms with Crippen LogP contribution in [0.3, 0.4) is 0 Å². The maximum Gasteiger partial charge on any atom is 0.345 e. The summed E-state index contributed by atoms with van der Waals surface area (Å²) in [7, 11) is 0. The molecule has 110 valence electrons. The van der Waals surface area contributed by atoms with Crippen LogP contribution in [0, 0.1) is 0 Å². The summed E-state index contributed by atoms with van der Waals surface area (Å²) in [5.41, 5.74) is -1.47. The molecule has 6 nitrogen and oxygen atoms in total. The summed E-state index contributed by atoms with van der Waals surface area (Å²) in [6.07, 6.45) is 0. The van der Waals surface area contributed by atoms with Crippen molar-refractivity contribution >= 4 is 38.8 Å². The standard InChI is InChI=1S/C14H11BrO6/c1-14(2,15)13(19)20-8-4-3-7-5-9(11(16)17)12(18)21-10(7)6-8/h3-6H,1-2H3,(H,16,17)/p-1. The van der Waals surface area contributed by atoms with Crippen LogP contribution in [0.4, 0.5) is 0 Å². The van der Waals surface area contributed by atoms with E-state index in [1.807, 2.05) is 0 Å². The van der Waals surface area contributed by atoms with Crippen LogP contribution in [-0.4, -0.2) is 16.3 Å². The van der Waals surface area contributed by atoms with Crippen molar-refractivity contribution in [1.29, 1.82) is 0 Å². The molecule has 1 aromatic heterocycles. The van der Waals surface area contributed by atoms with Gasteiger partial charge in [-0.15, -0.1) is 0 Å². The van der Waals surface area contributed by atoms with Gasteiger partial charge in [-0.05, 0) is 32.0 Å². The van der Waals surface area contributed by atoms with Crippen LogP contribution in [-0.2, 0) is 4.79 Å². The Labute approximate surface area is 127 Å². The second-order valence-corrected chi connectivity index (χ2v) is 6.78. The van der Waals surface area contributed by atoms with Gasteiger partial charge in [0.2, 0.25) is 0 Å². The highest BCUT2D eigenvalue weighted by Gasteiger charge is 2.26. The van der Waals surface area contributed by atoms with E-state index in [1.165, 1.54) is 18.2 Å². The number of fused-ring (bicyclic) bond motifs is 1. The van der Waals surface area contributed by atoms with Crippen molar-refractivity contribution in [3.8, 4) is 5.75 Å². The van der Waals surface area contributed by atoms with Crippen LogP contribution in [0.5, 0.6) is 5.75 Å². The van der Waals surface area contributed by atoms with E-state index in [0.717, 1.165) is 6.07 Å². The van der Waals surface area contributed by atoms with Gasteiger partial charge in [0.15, 0.2) is 0 Å². The van der Waals surface area contributed by atoms with Crippen LogP contribution < -0.4 is 15.5 Å². The molecule has 0 fully saturated rings. The molecule has 0 unspecified atom stereocenters. The average Bonchev–Trinajstić information content (AvgIpc) is 2.36. The Morgan fingerprint density at radius 3 is 2.52 bits per heavy atom. The van der Waals surface area contributed by atoms with Gasteiger partial charge in [-0.1, -0.05) is 15.9 Å². The van der Waals surface area contributed by atoms with E-state index in [4.69, 9.17) is 9.15 Å². The Kier molecular flexibility index (Phi) is 3.87. The maximum absolute atomic E-state index is 11.7. The molecular weight excluding hydrogens is 344 g/mol. The number of ether oxygens (including phenoxy) is 1. The smallest absolute Gasteiger partial charge is 0.345 e. The van der Waals surface area contributed by atoms with Gasteiger partial charge in [0.25, 0.3) is 0 Å². The third kappa shape index (κ3) is 3.30. The summed E-state index contributed by atoms with van der Waals surface area (Å²) in [6.45, 7) is 3.26. The minimum Gasteiger partial charge on any atom is -0.545 e. The van der Waals surface area contributed by atoms with Crippen LogP contribution >= 0.6 is 15.9 Å². The highest BCUT2D eigenvalue weighted by molar-refractivity contribution is 9.10. The number of halogens is 1. The molecule has 0 N–H and O–H groups in total. The minimum absolute atomic E-state index is 0.114.